The first-order valence-electron chi connectivity index (χ1n) is 10.6. The van der Waals surface area contributed by atoms with Crippen molar-refractivity contribution >= 4 is 29.5 Å². The monoisotopic (exact) mass is 438 g/mol. The molecule has 0 saturated carbocycles. The number of fused-ring (bicyclic) bond motifs is 1. The van der Waals surface area contributed by atoms with Crippen LogP contribution in [-0.2, 0) is 31.9 Å². The molecule has 0 unspecified atom stereocenters. The average molecular weight is 438 g/mol. The number of methoxy groups -OCH3 is 1. The van der Waals surface area contributed by atoms with Gasteiger partial charge in [0.2, 0.25) is 0 Å². The standard InChI is InChI=1S/C24H27BO7/c1-5-28-22(26)10-16-8-6-7-9-20(16)29-13-17-14-30-23-19(17)11-18(12-21(23)27-4)25-31-15-24(2,3)32-25/h6-9,11-12,14H,5,10,13,15H2,1-4H3. The molecule has 7 nitrogen and oxygen atoms in total. The molecule has 168 valence electrons. The molecule has 0 aliphatic carbocycles. The molecule has 1 fully saturated rings. The molecule has 1 aliphatic rings. The normalized spacial score (nSPS) is 15.2. The Kier molecular flexibility index (Phi) is 6.44. The number of carbonyl (C=O) groups is 1. The number of para-hydroxylation sites is 1. The van der Waals surface area contributed by atoms with Crippen molar-refractivity contribution in [3.63, 3.8) is 0 Å². The van der Waals surface area contributed by atoms with Gasteiger partial charge in [0, 0.05) is 16.5 Å². The van der Waals surface area contributed by atoms with Crippen LogP contribution in [0, 0.1) is 0 Å². The van der Waals surface area contributed by atoms with Gasteiger partial charge in [-0.25, -0.2) is 0 Å². The Labute approximate surface area is 187 Å². The molecule has 0 atom stereocenters. The maximum absolute atomic E-state index is 11.9. The first-order valence-corrected chi connectivity index (χ1v) is 10.6. The lowest BCUT2D eigenvalue weighted by molar-refractivity contribution is -0.142. The molecule has 1 aromatic heterocycles. The van der Waals surface area contributed by atoms with Gasteiger partial charge in [-0.1, -0.05) is 24.3 Å². The highest BCUT2D eigenvalue weighted by molar-refractivity contribution is 6.62. The van der Waals surface area contributed by atoms with Crippen LogP contribution in [0.4, 0.5) is 0 Å². The van der Waals surface area contributed by atoms with Crippen LogP contribution in [0.5, 0.6) is 11.5 Å². The van der Waals surface area contributed by atoms with Crippen molar-refractivity contribution < 1.29 is 32.7 Å². The second-order valence-electron chi connectivity index (χ2n) is 8.26. The first kappa shape index (κ1) is 22.2. The maximum Gasteiger partial charge on any atom is 0.494 e. The highest BCUT2D eigenvalue weighted by Gasteiger charge is 2.38. The number of hydrogen-bond donors (Lipinski definition) is 0. The Morgan fingerprint density at radius 3 is 2.69 bits per heavy atom. The van der Waals surface area contributed by atoms with Crippen molar-refractivity contribution in [1.82, 2.24) is 0 Å². The number of esters is 1. The number of furan rings is 1. The summed E-state index contributed by atoms with van der Waals surface area (Å²) in [6.07, 6.45) is 1.81. The maximum atomic E-state index is 11.9. The van der Waals surface area contributed by atoms with Crippen LogP contribution in [0.3, 0.4) is 0 Å². The summed E-state index contributed by atoms with van der Waals surface area (Å²) in [4.78, 5) is 11.9. The van der Waals surface area contributed by atoms with Crippen LogP contribution in [-0.4, -0.2) is 39.0 Å². The Hall–Kier alpha value is -2.97. The van der Waals surface area contributed by atoms with E-state index in [0.29, 0.717) is 30.3 Å². The Morgan fingerprint density at radius 1 is 1.16 bits per heavy atom. The van der Waals surface area contributed by atoms with Crippen LogP contribution in [0.1, 0.15) is 31.9 Å². The van der Waals surface area contributed by atoms with Gasteiger partial charge in [-0.2, -0.15) is 0 Å². The first-order chi connectivity index (χ1) is 15.4. The molecular weight excluding hydrogens is 411 g/mol. The van der Waals surface area contributed by atoms with E-state index in [2.05, 4.69) is 0 Å². The summed E-state index contributed by atoms with van der Waals surface area (Å²) in [6.45, 7) is 6.89. The topological polar surface area (TPSA) is 76.4 Å². The molecule has 32 heavy (non-hydrogen) atoms. The predicted octanol–water partition coefficient (Wildman–Crippen LogP) is 3.65. The third-order valence-electron chi connectivity index (χ3n) is 5.24. The average Bonchev–Trinajstić information content (AvgIpc) is 3.35. The van der Waals surface area contributed by atoms with E-state index in [0.717, 1.165) is 22.0 Å². The van der Waals surface area contributed by atoms with Crippen LogP contribution >= 0.6 is 0 Å². The SMILES string of the molecule is CCOC(=O)Cc1ccccc1OCc1coc2c(OC)cc(B3OCC(C)(C)O3)cc12. The zero-order chi connectivity index (χ0) is 22.7. The molecule has 0 bridgehead atoms. The van der Waals surface area contributed by atoms with E-state index in [1.165, 1.54) is 0 Å². The van der Waals surface area contributed by atoms with Gasteiger partial charge in [0.1, 0.15) is 12.4 Å². The van der Waals surface area contributed by atoms with Gasteiger partial charge in [0.05, 0.1) is 38.6 Å². The summed E-state index contributed by atoms with van der Waals surface area (Å²) in [5.74, 6) is 0.941. The number of rotatable bonds is 8. The minimum Gasteiger partial charge on any atom is -0.493 e. The second-order valence-corrected chi connectivity index (χ2v) is 8.26. The number of benzene rings is 2. The van der Waals surface area contributed by atoms with Crippen molar-refractivity contribution in [3.8, 4) is 11.5 Å². The van der Waals surface area contributed by atoms with Crippen LogP contribution in [0.15, 0.2) is 47.1 Å². The summed E-state index contributed by atoms with van der Waals surface area (Å²) in [5, 5.41) is 0.860. The lowest BCUT2D eigenvalue weighted by atomic mass is 9.78. The highest BCUT2D eigenvalue weighted by Crippen LogP contribution is 2.31. The van der Waals surface area contributed by atoms with Crippen molar-refractivity contribution in [2.45, 2.75) is 39.4 Å². The molecule has 0 spiro atoms. The van der Waals surface area contributed by atoms with E-state index >= 15 is 0 Å². The van der Waals surface area contributed by atoms with E-state index in [9.17, 15) is 4.79 Å². The molecule has 2 heterocycles. The van der Waals surface area contributed by atoms with Crippen molar-refractivity contribution in [3.05, 3.63) is 53.8 Å². The summed E-state index contributed by atoms with van der Waals surface area (Å²) >= 11 is 0. The van der Waals surface area contributed by atoms with Gasteiger partial charge in [0.15, 0.2) is 11.3 Å². The minimum atomic E-state index is -0.475. The van der Waals surface area contributed by atoms with Crippen LogP contribution in [0.2, 0.25) is 0 Å². The van der Waals surface area contributed by atoms with Gasteiger partial charge in [-0.05, 0) is 38.4 Å². The van der Waals surface area contributed by atoms with Gasteiger partial charge in [0.25, 0.3) is 0 Å². The number of carbonyl (C=O) groups excluding carboxylic acids is 1. The fourth-order valence-electron chi connectivity index (χ4n) is 3.69. The number of ether oxygens (including phenoxy) is 3. The van der Waals surface area contributed by atoms with E-state index in [1.54, 1.807) is 20.3 Å². The number of hydrogen-bond acceptors (Lipinski definition) is 7. The largest absolute Gasteiger partial charge is 0.494 e. The van der Waals surface area contributed by atoms with Gasteiger partial charge >= 0.3 is 13.1 Å². The summed E-state index contributed by atoms with van der Waals surface area (Å²) in [5.41, 5.74) is 2.75. The molecule has 0 radical (unpaired) electrons. The fourth-order valence-corrected chi connectivity index (χ4v) is 3.69. The summed E-state index contributed by atoms with van der Waals surface area (Å²) in [7, 11) is 1.13. The summed E-state index contributed by atoms with van der Waals surface area (Å²) in [6, 6.07) is 11.3. The van der Waals surface area contributed by atoms with E-state index in [-0.39, 0.29) is 24.6 Å². The van der Waals surface area contributed by atoms with Crippen molar-refractivity contribution in [1.29, 1.82) is 0 Å². The zero-order valence-electron chi connectivity index (χ0n) is 18.8. The quantitative estimate of drug-likeness (QED) is 0.393. The Balaban J connectivity index is 1.58. The molecule has 0 amide bonds. The van der Waals surface area contributed by atoms with Gasteiger partial charge in [-0.15, -0.1) is 0 Å². The molecule has 4 rings (SSSR count). The zero-order valence-corrected chi connectivity index (χ0v) is 18.8. The van der Waals surface area contributed by atoms with E-state index in [4.69, 9.17) is 27.9 Å². The lowest BCUT2D eigenvalue weighted by Gasteiger charge is -2.16. The van der Waals surface area contributed by atoms with Crippen LogP contribution < -0.4 is 14.9 Å². The molecule has 0 N–H and O–H groups in total. The minimum absolute atomic E-state index is 0.153. The molecule has 2 aromatic carbocycles. The molecular formula is C24H27BO7. The lowest BCUT2D eigenvalue weighted by Crippen LogP contribution is -2.34. The van der Waals surface area contributed by atoms with E-state index in [1.807, 2.05) is 50.2 Å². The third-order valence-corrected chi connectivity index (χ3v) is 5.24. The van der Waals surface area contributed by atoms with Gasteiger partial charge in [-0.3, -0.25) is 4.79 Å². The highest BCUT2D eigenvalue weighted by atomic mass is 16.7. The Morgan fingerprint density at radius 2 is 1.97 bits per heavy atom. The predicted molar refractivity (Wildman–Crippen MR) is 120 cm³/mol. The summed E-state index contributed by atoms with van der Waals surface area (Å²) < 4.78 is 34.3. The Bertz CT molecular complexity index is 1100. The van der Waals surface area contributed by atoms with Crippen molar-refractivity contribution in [2.24, 2.45) is 0 Å². The van der Waals surface area contributed by atoms with Crippen LogP contribution in [0.25, 0.3) is 11.0 Å². The molecule has 1 saturated heterocycles. The fraction of sp³-hybridized carbons (Fsp3) is 0.375. The smallest absolute Gasteiger partial charge is 0.493 e. The molecule has 1 aliphatic heterocycles. The third kappa shape index (κ3) is 4.76. The van der Waals surface area contributed by atoms with Crippen molar-refractivity contribution in [2.75, 3.05) is 20.3 Å². The molecule has 3 aromatic rings. The second kappa shape index (κ2) is 9.26. The molecule has 8 heteroatoms. The van der Waals surface area contributed by atoms with E-state index < -0.39 is 7.12 Å². The van der Waals surface area contributed by atoms with Gasteiger partial charge < -0.3 is 27.9 Å².